The quantitative estimate of drug-likeness (QED) is 0.873. The summed E-state index contributed by atoms with van der Waals surface area (Å²) in [6, 6.07) is 8.09. The number of aryl methyl sites for hydroxylation is 1. The van der Waals surface area contributed by atoms with E-state index >= 15 is 0 Å². The van der Waals surface area contributed by atoms with E-state index in [2.05, 4.69) is 13.0 Å². The molecule has 0 aliphatic carbocycles. The standard InChI is InChI=1S/C17H27N3O/c1-5-6-11-19-13-9-7-8-10-14(13)20(16(19)18)12-15(21)17(2,3)4/h7-10,15,18,21H,5-6,11-12H2,1-4H3. The molecule has 21 heavy (non-hydrogen) atoms. The zero-order valence-corrected chi connectivity index (χ0v) is 13.6. The van der Waals surface area contributed by atoms with Crippen LogP contribution >= 0.6 is 0 Å². The molecule has 0 aliphatic rings. The van der Waals surface area contributed by atoms with Gasteiger partial charge in [0, 0.05) is 6.54 Å². The van der Waals surface area contributed by atoms with E-state index in [4.69, 9.17) is 5.41 Å². The average Bonchev–Trinajstić information content (AvgIpc) is 2.69. The fourth-order valence-electron chi connectivity index (χ4n) is 2.47. The summed E-state index contributed by atoms with van der Waals surface area (Å²) in [5, 5.41) is 18.9. The van der Waals surface area contributed by atoms with Gasteiger partial charge in [-0.1, -0.05) is 46.2 Å². The smallest absolute Gasteiger partial charge is 0.203 e. The molecule has 0 aliphatic heterocycles. The maximum absolute atomic E-state index is 10.4. The van der Waals surface area contributed by atoms with Crippen LogP contribution in [0.1, 0.15) is 40.5 Å². The summed E-state index contributed by atoms with van der Waals surface area (Å²) in [7, 11) is 0. The summed E-state index contributed by atoms with van der Waals surface area (Å²) in [6.45, 7) is 9.55. The van der Waals surface area contributed by atoms with Gasteiger partial charge in [0.05, 0.1) is 23.7 Å². The molecule has 2 rings (SSSR count). The van der Waals surface area contributed by atoms with Gasteiger partial charge in [-0.25, -0.2) is 0 Å². The number of para-hydroxylation sites is 2. The molecule has 1 unspecified atom stereocenters. The number of aromatic nitrogens is 2. The molecule has 0 saturated carbocycles. The van der Waals surface area contributed by atoms with Crippen molar-refractivity contribution in [3.8, 4) is 0 Å². The molecule has 0 radical (unpaired) electrons. The summed E-state index contributed by atoms with van der Waals surface area (Å²) in [5.41, 5.74) is 2.40. The van der Waals surface area contributed by atoms with E-state index < -0.39 is 6.10 Å². The highest BCUT2D eigenvalue weighted by Gasteiger charge is 2.24. The zero-order valence-electron chi connectivity index (χ0n) is 13.6. The number of hydrogen-bond donors (Lipinski definition) is 2. The number of aliphatic hydroxyl groups is 1. The topological polar surface area (TPSA) is 53.9 Å². The van der Waals surface area contributed by atoms with E-state index in [0.29, 0.717) is 12.2 Å². The second kappa shape index (κ2) is 6.06. The van der Waals surface area contributed by atoms with Crippen LogP contribution in [0.3, 0.4) is 0 Å². The van der Waals surface area contributed by atoms with Crippen molar-refractivity contribution < 1.29 is 5.11 Å². The van der Waals surface area contributed by atoms with Crippen molar-refractivity contribution >= 4 is 11.0 Å². The number of unbranched alkanes of at least 4 members (excludes halogenated alkanes) is 1. The summed E-state index contributed by atoms with van der Waals surface area (Å²) in [4.78, 5) is 0. The molecule has 1 aromatic carbocycles. The Morgan fingerprint density at radius 3 is 2.24 bits per heavy atom. The zero-order chi connectivity index (χ0) is 15.6. The Balaban J connectivity index is 2.48. The van der Waals surface area contributed by atoms with Crippen LogP contribution in [0.25, 0.3) is 11.0 Å². The molecule has 2 N–H and O–H groups in total. The first-order valence-electron chi connectivity index (χ1n) is 7.77. The van der Waals surface area contributed by atoms with Gasteiger partial charge in [0.2, 0.25) is 5.62 Å². The Hall–Kier alpha value is -1.55. The Morgan fingerprint density at radius 1 is 1.14 bits per heavy atom. The summed E-state index contributed by atoms with van der Waals surface area (Å²) in [6.07, 6.45) is 1.69. The van der Waals surface area contributed by atoms with Crippen molar-refractivity contribution in [2.75, 3.05) is 0 Å². The molecule has 4 heteroatoms. The fraction of sp³-hybridized carbons (Fsp3) is 0.588. The monoisotopic (exact) mass is 289 g/mol. The van der Waals surface area contributed by atoms with Crippen LogP contribution < -0.4 is 5.62 Å². The molecule has 0 amide bonds. The number of rotatable bonds is 5. The van der Waals surface area contributed by atoms with Gasteiger partial charge in [-0.2, -0.15) is 0 Å². The third-order valence-corrected chi connectivity index (χ3v) is 4.07. The lowest BCUT2D eigenvalue weighted by Gasteiger charge is -2.26. The third kappa shape index (κ3) is 3.21. The second-order valence-electron chi connectivity index (χ2n) is 6.81. The number of nitrogens with zero attached hydrogens (tertiary/aromatic N) is 2. The average molecular weight is 289 g/mol. The lowest BCUT2D eigenvalue weighted by Crippen LogP contribution is -2.35. The van der Waals surface area contributed by atoms with E-state index in [1.54, 1.807) is 0 Å². The molecular formula is C17H27N3O. The number of nitrogens with one attached hydrogen (secondary N) is 1. The molecule has 0 bridgehead atoms. The molecule has 1 heterocycles. The third-order valence-electron chi connectivity index (χ3n) is 4.07. The van der Waals surface area contributed by atoms with Crippen LogP contribution in [0.15, 0.2) is 24.3 Å². The SMILES string of the molecule is CCCCn1c(=N)n(CC(O)C(C)(C)C)c2ccccc21. The van der Waals surface area contributed by atoms with Crippen molar-refractivity contribution in [3.05, 3.63) is 29.9 Å². The minimum absolute atomic E-state index is 0.188. The number of hydrogen-bond acceptors (Lipinski definition) is 2. The van der Waals surface area contributed by atoms with Gasteiger partial charge < -0.3 is 14.2 Å². The van der Waals surface area contributed by atoms with Gasteiger partial charge in [-0.3, -0.25) is 5.41 Å². The van der Waals surface area contributed by atoms with Crippen LogP contribution in [0, 0.1) is 10.8 Å². The van der Waals surface area contributed by atoms with Crippen molar-refractivity contribution in [1.29, 1.82) is 5.41 Å². The highest BCUT2D eigenvalue weighted by molar-refractivity contribution is 5.75. The number of fused-ring (bicyclic) bond motifs is 1. The molecule has 0 spiro atoms. The van der Waals surface area contributed by atoms with E-state index in [0.717, 1.165) is 30.4 Å². The first-order valence-corrected chi connectivity index (χ1v) is 7.77. The van der Waals surface area contributed by atoms with Gasteiger partial charge >= 0.3 is 0 Å². The van der Waals surface area contributed by atoms with Gasteiger partial charge in [0.15, 0.2) is 0 Å². The summed E-state index contributed by atoms with van der Waals surface area (Å²) in [5.74, 6) is 0. The normalized spacial score (nSPS) is 13.8. The molecule has 116 valence electrons. The predicted octanol–water partition coefficient (Wildman–Crippen LogP) is 3.13. The van der Waals surface area contributed by atoms with Crippen LogP contribution in [0.2, 0.25) is 0 Å². The van der Waals surface area contributed by atoms with Gasteiger partial charge in [-0.15, -0.1) is 0 Å². The highest BCUT2D eigenvalue weighted by atomic mass is 16.3. The lowest BCUT2D eigenvalue weighted by molar-refractivity contribution is 0.0477. The molecular weight excluding hydrogens is 262 g/mol. The second-order valence-corrected chi connectivity index (χ2v) is 6.81. The first kappa shape index (κ1) is 15.8. The van der Waals surface area contributed by atoms with Crippen LogP contribution in [-0.2, 0) is 13.1 Å². The van der Waals surface area contributed by atoms with E-state index in [9.17, 15) is 5.11 Å². The molecule has 4 nitrogen and oxygen atoms in total. The van der Waals surface area contributed by atoms with E-state index in [1.165, 1.54) is 0 Å². The summed E-state index contributed by atoms with van der Waals surface area (Å²) < 4.78 is 3.98. The Kier molecular flexibility index (Phi) is 4.57. The highest BCUT2D eigenvalue weighted by Crippen LogP contribution is 2.22. The first-order chi connectivity index (χ1) is 9.86. The van der Waals surface area contributed by atoms with Gasteiger partial charge in [0.25, 0.3) is 0 Å². The Labute approximate surface area is 126 Å². The van der Waals surface area contributed by atoms with Crippen LogP contribution in [-0.4, -0.2) is 20.3 Å². The van der Waals surface area contributed by atoms with Crippen molar-refractivity contribution in [3.63, 3.8) is 0 Å². The molecule has 2 aromatic rings. The van der Waals surface area contributed by atoms with E-state index in [1.807, 2.05) is 48.1 Å². The summed E-state index contributed by atoms with van der Waals surface area (Å²) >= 11 is 0. The van der Waals surface area contributed by atoms with Crippen LogP contribution in [0.5, 0.6) is 0 Å². The van der Waals surface area contributed by atoms with Crippen molar-refractivity contribution in [2.45, 2.75) is 59.7 Å². The maximum atomic E-state index is 10.4. The predicted molar refractivity (Wildman–Crippen MR) is 86.2 cm³/mol. The van der Waals surface area contributed by atoms with E-state index in [-0.39, 0.29) is 5.41 Å². The largest absolute Gasteiger partial charge is 0.391 e. The number of imidazole rings is 1. The molecule has 0 fully saturated rings. The van der Waals surface area contributed by atoms with Crippen molar-refractivity contribution in [2.24, 2.45) is 5.41 Å². The number of benzene rings is 1. The fourth-order valence-corrected chi connectivity index (χ4v) is 2.47. The minimum atomic E-state index is -0.475. The van der Waals surface area contributed by atoms with Gasteiger partial charge in [0.1, 0.15) is 0 Å². The molecule has 1 atom stereocenters. The molecule has 1 aromatic heterocycles. The van der Waals surface area contributed by atoms with Gasteiger partial charge in [-0.05, 0) is 24.0 Å². The van der Waals surface area contributed by atoms with Crippen molar-refractivity contribution in [1.82, 2.24) is 9.13 Å². The molecule has 0 saturated heterocycles. The van der Waals surface area contributed by atoms with Crippen LogP contribution in [0.4, 0.5) is 0 Å². The maximum Gasteiger partial charge on any atom is 0.203 e. The minimum Gasteiger partial charge on any atom is -0.391 e. The Morgan fingerprint density at radius 2 is 1.71 bits per heavy atom. The Bertz CT molecular complexity index is 661. The number of aliphatic hydroxyl groups excluding tert-OH is 1. The lowest BCUT2D eigenvalue weighted by atomic mass is 9.89.